The van der Waals surface area contributed by atoms with Crippen LogP contribution in [0.3, 0.4) is 0 Å². The second kappa shape index (κ2) is 14.4. The van der Waals surface area contributed by atoms with Crippen molar-refractivity contribution in [2.24, 2.45) is 0 Å². The summed E-state index contributed by atoms with van der Waals surface area (Å²) in [7, 11) is 0. The molecule has 8 nitrogen and oxygen atoms in total. The van der Waals surface area contributed by atoms with Gasteiger partial charge >= 0.3 is 11.9 Å². The molecule has 2 rings (SSSR count). The Kier molecular flexibility index (Phi) is 12.6. The van der Waals surface area contributed by atoms with Crippen LogP contribution in [-0.4, -0.2) is 34.3 Å². The van der Waals surface area contributed by atoms with Gasteiger partial charge in [-0.05, 0) is 106 Å². The van der Waals surface area contributed by atoms with Gasteiger partial charge in [0.25, 0.3) is 0 Å². The first-order valence-electron chi connectivity index (χ1n) is 12.7. The lowest BCUT2D eigenvalue weighted by Crippen LogP contribution is -2.35. The summed E-state index contributed by atoms with van der Waals surface area (Å²) in [6.07, 6.45) is 1.62. The Morgan fingerprint density at radius 3 is 1.05 bits per heavy atom. The fraction of sp³-hybridized carbons (Fsp3) is 0.533. The molecular formula is C30H44O8. The number of carbonyl (C=O) groups is 2. The molecule has 0 aliphatic rings. The van der Waals surface area contributed by atoms with Crippen molar-refractivity contribution >= 4 is 11.9 Å². The van der Waals surface area contributed by atoms with Gasteiger partial charge in [-0.3, -0.25) is 0 Å². The Hall–Kier alpha value is -2.78. The average Bonchev–Trinajstić information content (AvgIpc) is 2.84. The van der Waals surface area contributed by atoms with Gasteiger partial charge in [0, 0.05) is 0 Å². The molecular weight excluding hydrogens is 488 g/mol. The third-order valence-corrected chi connectivity index (χ3v) is 4.58. The molecule has 38 heavy (non-hydrogen) atoms. The molecule has 0 saturated heterocycles. The largest absolute Gasteiger partial charge is 0.386 e. The van der Waals surface area contributed by atoms with Crippen molar-refractivity contribution in [2.45, 2.75) is 104 Å². The van der Waals surface area contributed by atoms with E-state index in [1.54, 1.807) is 60.7 Å². The number of rotatable bonds is 9. The molecule has 0 spiro atoms. The van der Waals surface area contributed by atoms with Gasteiger partial charge in [-0.2, -0.15) is 0 Å². The minimum atomic E-state index is -0.708. The highest BCUT2D eigenvalue weighted by atomic mass is 17.2. The van der Waals surface area contributed by atoms with Crippen LogP contribution in [-0.2, 0) is 29.3 Å². The Labute approximate surface area is 227 Å². The lowest BCUT2D eigenvalue weighted by Gasteiger charge is -2.33. The number of benzene rings is 2. The van der Waals surface area contributed by atoms with Crippen molar-refractivity contribution in [2.75, 3.05) is 0 Å². The summed E-state index contributed by atoms with van der Waals surface area (Å²) in [5.41, 5.74) is -0.709. The smallest absolute Gasteiger partial charge is 0.242 e. The molecule has 0 aliphatic heterocycles. The zero-order chi connectivity index (χ0) is 29.0. The molecule has 0 aliphatic carbocycles. The zero-order valence-corrected chi connectivity index (χ0v) is 24.5. The molecule has 0 saturated carbocycles. The van der Waals surface area contributed by atoms with Gasteiger partial charge in [0.2, 0.25) is 0 Å². The first-order chi connectivity index (χ1) is 17.4. The maximum Gasteiger partial charge on any atom is 0.386 e. The summed E-state index contributed by atoms with van der Waals surface area (Å²) in [5.74, 6) is -1.42. The van der Waals surface area contributed by atoms with E-state index in [0.29, 0.717) is 11.1 Å². The van der Waals surface area contributed by atoms with Crippen molar-refractivity contribution in [1.29, 1.82) is 0 Å². The van der Waals surface area contributed by atoms with E-state index < -0.39 is 11.9 Å². The van der Waals surface area contributed by atoms with Gasteiger partial charge in [-0.25, -0.2) is 38.9 Å². The topological polar surface area (TPSA) is 89.5 Å². The summed E-state index contributed by atoms with van der Waals surface area (Å²) in [4.78, 5) is 53.8. The molecule has 0 fully saturated rings. The molecule has 0 amide bonds. The summed E-state index contributed by atoms with van der Waals surface area (Å²) in [5, 5.41) is 0. The molecule has 0 heterocycles. The predicted molar refractivity (Wildman–Crippen MR) is 145 cm³/mol. The molecule has 0 N–H and O–H groups in total. The summed E-state index contributed by atoms with van der Waals surface area (Å²) < 4.78 is 0. The Morgan fingerprint density at radius 1 is 0.500 bits per heavy atom. The van der Waals surface area contributed by atoms with Crippen molar-refractivity contribution < 1.29 is 38.9 Å². The third-order valence-electron chi connectivity index (χ3n) is 4.58. The van der Waals surface area contributed by atoms with E-state index in [9.17, 15) is 9.59 Å². The van der Waals surface area contributed by atoms with Crippen LogP contribution < -0.4 is 0 Å². The van der Waals surface area contributed by atoms with Crippen LogP contribution in [0.1, 0.15) is 103 Å². The maximum atomic E-state index is 11.5. The average molecular weight is 533 g/mol. The highest BCUT2D eigenvalue weighted by molar-refractivity contribution is 5.92. The minimum absolute atomic E-state index is 0.307. The van der Waals surface area contributed by atoms with Crippen LogP contribution in [0.25, 0.3) is 0 Å². The Balaban J connectivity index is 0.000000381. The molecule has 0 unspecified atom stereocenters. The molecule has 0 radical (unpaired) electrons. The van der Waals surface area contributed by atoms with Crippen molar-refractivity contribution in [3.05, 3.63) is 71.8 Å². The zero-order valence-electron chi connectivity index (χ0n) is 24.5. The van der Waals surface area contributed by atoms with E-state index in [1.807, 2.05) is 69.2 Å². The van der Waals surface area contributed by atoms with E-state index in [-0.39, 0.29) is 22.4 Å². The van der Waals surface area contributed by atoms with Gasteiger partial charge in [-0.1, -0.05) is 36.4 Å². The van der Waals surface area contributed by atoms with Crippen LogP contribution in [0.15, 0.2) is 60.7 Å². The fourth-order valence-electron chi connectivity index (χ4n) is 2.48. The molecule has 0 bridgehead atoms. The standard InChI is InChI=1S/C16H34O4.C14H10O4/c1-13(2,3)17-19-15(7,8)11-12-16(9,10)20-18-14(4,5)6;15-13(11-7-3-1-4-8-11)17-18-14(16)12-9-5-2-6-10-12/h11-12H2,1-10H3;1-10H. The van der Waals surface area contributed by atoms with E-state index in [1.165, 1.54) is 0 Å². The lowest BCUT2D eigenvalue weighted by molar-refractivity contribution is -0.410. The summed E-state index contributed by atoms with van der Waals surface area (Å²) in [6, 6.07) is 16.6. The first-order valence-corrected chi connectivity index (χ1v) is 12.7. The second-order valence-electron chi connectivity index (χ2n) is 12.1. The van der Waals surface area contributed by atoms with Gasteiger partial charge in [0.05, 0.1) is 33.5 Å². The van der Waals surface area contributed by atoms with E-state index in [2.05, 4.69) is 9.78 Å². The Bertz CT molecular complexity index is 889. The van der Waals surface area contributed by atoms with Crippen LogP contribution in [0.5, 0.6) is 0 Å². The highest BCUT2D eigenvalue weighted by Gasteiger charge is 2.30. The van der Waals surface area contributed by atoms with E-state index in [0.717, 1.165) is 12.8 Å². The molecule has 212 valence electrons. The quantitative estimate of drug-likeness (QED) is 0.243. The monoisotopic (exact) mass is 532 g/mol. The molecule has 0 atom stereocenters. The fourth-order valence-corrected chi connectivity index (χ4v) is 2.48. The van der Waals surface area contributed by atoms with Crippen molar-refractivity contribution in [1.82, 2.24) is 0 Å². The normalized spacial score (nSPS) is 12.3. The lowest BCUT2D eigenvalue weighted by atomic mass is 9.94. The van der Waals surface area contributed by atoms with Crippen LogP contribution in [0.4, 0.5) is 0 Å². The SMILES string of the molecule is CC(C)(C)OOC(C)(C)CCC(C)(C)OOC(C)(C)C.O=C(OOC(=O)c1ccccc1)c1ccccc1. The summed E-state index contributed by atoms with van der Waals surface area (Å²) in [6.45, 7) is 19.8. The van der Waals surface area contributed by atoms with Gasteiger partial charge in [-0.15, -0.1) is 0 Å². The third kappa shape index (κ3) is 15.5. The second-order valence-corrected chi connectivity index (χ2v) is 12.1. The van der Waals surface area contributed by atoms with Gasteiger partial charge in [0.15, 0.2) is 0 Å². The number of hydrogen-bond acceptors (Lipinski definition) is 8. The van der Waals surface area contributed by atoms with Crippen LogP contribution in [0, 0.1) is 0 Å². The van der Waals surface area contributed by atoms with Gasteiger partial charge in [0.1, 0.15) is 0 Å². The van der Waals surface area contributed by atoms with Gasteiger partial charge < -0.3 is 0 Å². The summed E-state index contributed by atoms with van der Waals surface area (Å²) >= 11 is 0. The van der Waals surface area contributed by atoms with Crippen molar-refractivity contribution in [3.8, 4) is 0 Å². The number of carbonyl (C=O) groups excluding carboxylic acids is 2. The predicted octanol–water partition coefficient (Wildman–Crippen LogP) is 7.43. The van der Waals surface area contributed by atoms with Crippen LogP contribution >= 0.6 is 0 Å². The van der Waals surface area contributed by atoms with Crippen LogP contribution in [0.2, 0.25) is 0 Å². The van der Waals surface area contributed by atoms with Crippen molar-refractivity contribution in [3.63, 3.8) is 0 Å². The van der Waals surface area contributed by atoms with E-state index >= 15 is 0 Å². The molecule has 0 aromatic heterocycles. The number of hydrogen-bond donors (Lipinski definition) is 0. The molecule has 2 aromatic rings. The Morgan fingerprint density at radius 2 is 0.789 bits per heavy atom. The molecule has 2 aromatic carbocycles. The first kappa shape index (κ1) is 33.2. The van der Waals surface area contributed by atoms with E-state index in [4.69, 9.17) is 19.6 Å². The molecule has 8 heteroatoms. The minimum Gasteiger partial charge on any atom is -0.242 e. The highest BCUT2D eigenvalue weighted by Crippen LogP contribution is 2.27. The maximum absolute atomic E-state index is 11.5.